The van der Waals surface area contributed by atoms with Gasteiger partial charge < -0.3 is 5.32 Å². The highest BCUT2D eigenvalue weighted by Crippen LogP contribution is 2.26. The zero-order valence-corrected chi connectivity index (χ0v) is 11.1. The lowest BCUT2D eigenvalue weighted by Crippen LogP contribution is -2.01. The van der Waals surface area contributed by atoms with E-state index >= 15 is 0 Å². The molecule has 2 aromatic rings. The fourth-order valence-electron chi connectivity index (χ4n) is 1.57. The van der Waals surface area contributed by atoms with Crippen LogP contribution in [0, 0.1) is 0 Å². The van der Waals surface area contributed by atoms with Gasteiger partial charge in [0.05, 0.1) is 11.9 Å². The van der Waals surface area contributed by atoms with Crippen LogP contribution in [0.3, 0.4) is 0 Å². The van der Waals surface area contributed by atoms with Crippen molar-refractivity contribution >= 4 is 33.9 Å². The maximum Gasteiger partial charge on any atom is 0.116 e. The Labute approximate surface area is 110 Å². The molecule has 0 aliphatic rings. The fourth-order valence-corrected chi connectivity index (χ4v) is 2.12. The van der Waals surface area contributed by atoms with Gasteiger partial charge in [0.25, 0.3) is 0 Å². The highest BCUT2D eigenvalue weighted by Gasteiger charge is 2.02. The lowest BCUT2D eigenvalue weighted by atomic mass is 10.1. The predicted octanol–water partition coefficient (Wildman–Crippen LogP) is 2.54. The number of fused-ring (bicyclic) bond motifs is 1. The summed E-state index contributed by atoms with van der Waals surface area (Å²) in [6.45, 7) is 0. The molecule has 1 aromatic carbocycles. The van der Waals surface area contributed by atoms with Crippen LogP contribution in [0.1, 0.15) is 5.56 Å². The van der Waals surface area contributed by atoms with Crippen molar-refractivity contribution in [2.45, 2.75) is 0 Å². The van der Waals surface area contributed by atoms with Crippen LogP contribution >= 0.6 is 11.8 Å². The number of nitrogens with zero attached hydrogens (tertiary/aromatic N) is 3. The molecule has 0 bridgehead atoms. The van der Waals surface area contributed by atoms with Crippen LogP contribution in [-0.2, 0) is 0 Å². The first kappa shape index (κ1) is 12.6. The Morgan fingerprint density at radius 3 is 3.11 bits per heavy atom. The van der Waals surface area contributed by atoms with Crippen LogP contribution in [0.15, 0.2) is 41.9 Å². The second kappa shape index (κ2) is 6.16. The molecule has 0 aliphatic carbocycles. The van der Waals surface area contributed by atoms with Crippen LogP contribution in [0.2, 0.25) is 0 Å². The molecule has 0 spiro atoms. The topological polar surface area (TPSA) is 50.2 Å². The molecule has 0 saturated carbocycles. The van der Waals surface area contributed by atoms with Crippen molar-refractivity contribution in [1.82, 2.24) is 15.3 Å². The van der Waals surface area contributed by atoms with Crippen molar-refractivity contribution in [1.29, 1.82) is 0 Å². The van der Waals surface area contributed by atoms with E-state index in [-0.39, 0.29) is 0 Å². The first-order chi connectivity index (χ1) is 8.85. The van der Waals surface area contributed by atoms with Crippen LogP contribution in [-0.4, -0.2) is 29.6 Å². The monoisotopic (exact) mass is 258 g/mol. The summed E-state index contributed by atoms with van der Waals surface area (Å²) in [5.74, 6) is 0. The zero-order chi connectivity index (χ0) is 12.8. The molecule has 0 aliphatic heterocycles. The number of hydrogen-bond acceptors (Lipinski definition) is 4. The second-order valence-electron chi connectivity index (χ2n) is 3.56. The molecule has 5 heteroatoms. The van der Waals surface area contributed by atoms with Crippen molar-refractivity contribution in [2.75, 3.05) is 13.3 Å². The predicted molar refractivity (Wildman–Crippen MR) is 78.6 cm³/mol. The highest BCUT2D eigenvalue weighted by molar-refractivity contribution is 8.07. The van der Waals surface area contributed by atoms with Gasteiger partial charge in [0.1, 0.15) is 6.33 Å². The lowest BCUT2D eigenvalue weighted by molar-refractivity contribution is 1.22. The van der Waals surface area contributed by atoms with Gasteiger partial charge in [0.2, 0.25) is 0 Å². The van der Waals surface area contributed by atoms with Crippen LogP contribution < -0.4 is 5.32 Å². The van der Waals surface area contributed by atoms with E-state index in [1.807, 2.05) is 24.7 Å². The number of benzene rings is 1. The average molecular weight is 258 g/mol. The van der Waals surface area contributed by atoms with E-state index in [2.05, 4.69) is 32.4 Å². The summed E-state index contributed by atoms with van der Waals surface area (Å²) in [6, 6.07) is 6.16. The summed E-state index contributed by atoms with van der Waals surface area (Å²) >= 11 is 1.68. The van der Waals surface area contributed by atoms with E-state index < -0.39 is 0 Å². The molecule has 0 unspecified atom stereocenters. The average Bonchev–Trinajstić information content (AvgIpc) is 2.43. The normalized spacial score (nSPS) is 12.2. The van der Waals surface area contributed by atoms with E-state index in [0.717, 1.165) is 21.4 Å². The zero-order valence-electron chi connectivity index (χ0n) is 10.3. The van der Waals surface area contributed by atoms with E-state index in [1.54, 1.807) is 31.5 Å². The third-order valence-electron chi connectivity index (χ3n) is 2.43. The number of nitrogens with one attached hydrogen (secondary N) is 1. The minimum atomic E-state index is 0.951. The summed E-state index contributed by atoms with van der Waals surface area (Å²) in [5, 5.41) is 4.07. The van der Waals surface area contributed by atoms with Gasteiger partial charge in [-0.1, -0.05) is 12.1 Å². The van der Waals surface area contributed by atoms with Gasteiger partial charge >= 0.3 is 0 Å². The Morgan fingerprint density at radius 1 is 1.44 bits per heavy atom. The van der Waals surface area contributed by atoms with Crippen molar-refractivity contribution < 1.29 is 0 Å². The number of aliphatic imine (C=N–C) groups is 1. The molecular weight excluding hydrogens is 244 g/mol. The molecule has 0 saturated heterocycles. The van der Waals surface area contributed by atoms with Gasteiger partial charge in [-0.15, -0.1) is 11.8 Å². The fraction of sp³-hybridized carbons (Fsp3) is 0.154. The molecule has 2 rings (SSSR count). The van der Waals surface area contributed by atoms with Crippen molar-refractivity contribution in [2.24, 2.45) is 4.99 Å². The number of hydrogen-bond donors (Lipinski definition) is 1. The van der Waals surface area contributed by atoms with Crippen LogP contribution in [0.5, 0.6) is 0 Å². The smallest absolute Gasteiger partial charge is 0.116 e. The number of rotatable bonds is 4. The quantitative estimate of drug-likeness (QED) is 0.676. The third kappa shape index (κ3) is 2.87. The van der Waals surface area contributed by atoms with Crippen molar-refractivity contribution in [3.05, 3.63) is 42.5 Å². The molecule has 0 radical (unpaired) electrons. The minimum Gasteiger partial charge on any atom is -0.352 e. The molecular formula is C13H14N4S. The first-order valence-corrected chi connectivity index (χ1v) is 6.68. The van der Waals surface area contributed by atoms with Gasteiger partial charge in [-0.2, -0.15) is 0 Å². The molecule has 0 atom stereocenters. The summed E-state index contributed by atoms with van der Waals surface area (Å²) in [5.41, 5.74) is 2.08. The van der Waals surface area contributed by atoms with Gasteiger partial charge in [-0.3, -0.25) is 4.99 Å². The van der Waals surface area contributed by atoms with Crippen LogP contribution in [0.25, 0.3) is 15.8 Å². The van der Waals surface area contributed by atoms with E-state index in [1.165, 1.54) is 0 Å². The van der Waals surface area contributed by atoms with E-state index in [4.69, 9.17) is 0 Å². The molecule has 1 N–H and O–H groups in total. The van der Waals surface area contributed by atoms with Crippen molar-refractivity contribution in [3.8, 4) is 0 Å². The molecule has 0 amide bonds. The summed E-state index contributed by atoms with van der Waals surface area (Å²) in [4.78, 5) is 13.3. The molecule has 0 fully saturated rings. The SMILES string of the molecule is CN=CN/C=C(\SC)c1ccc2cncnc2c1. The molecule has 4 nitrogen and oxygen atoms in total. The molecule has 1 aromatic heterocycles. The van der Waals surface area contributed by atoms with E-state index in [0.29, 0.717) is 0 Å². The Kier molecular flexibility index (Phi) is 4.30. The summed E-state index contributed by atoms with van der Waals surface area (Å²) < 4.78 is 0. The summed E-state index contributed by atoms with van der Waals surface area (Å²) in [6.07, 6.45) is 9.01. The number of thioether (sulfide) groups is 1. The second-order valence-corrected chi connectivity index (χ2v) is 4.41. The highest BCUT2D eigenvalue weighted by atomic mass is 32.2. The maximum absolute atomic E-state index is 4.26. The van der Waals surface area contributed by atoms with Crippen molar-refractivity contribution in [3.63, 3.8) is 0 Å². The Bertz CT molecular complexity index is 592. The number of aromatic nitrogens is 2. The Morgan fingerprint density at radius 2 is 2.33 bits per heavy atom. The third-order valence-corrected chi connectivity index (χ3v) is 3.22. The Hall–Kier alpha value is -1.88. The minimum absolute atomic E-state index is 0.951. The lowest BCUT2D eigenvalue weighted by Gasteiger charge is -2.05. The first-order valence-electron chi connectivity index (χ1n) is 5.46. The largest absolute Gasteiger partial charge is 0.352 e. The maximum atomic E-state index is 4.26. The van der Waals surface area contributed by atoms with Gasteiger partial charge in [0, 0.05) is 29.7 Å². The molecule has 18 heavy (non-hydrogen) atoms. The summed E-state index contributed by atoms with van der Waals surface area (Å²) in [7, 11) is 1.73. The Balaban J connectivity index is 2.36. The van der Waals surface area contributed by atoms with Gasteiger partial charge in [-0.25, -0.2) is 9.97 Å². The van der Waals surface area contributed by atoms with Gasteiger partial charge in [0.15, 0.2) is 0 Å². The van der Waals surface area contributed by atoms with E-state index in [9.17, 15) is 0 Å². The standard InChI is InChI=1S/C13H14N4S/c1-14-8-16-7-13(18-2)10-3-4-11-6-15-9-17-12(11)5-10/h3-9H,1-2H3,(H,14,16)/b13-7-. The molecule has 92 valence electrons. The van der Waals surface area contributed by atoms with Crippen LogP contribution in [0.4, 0.5) is 0 Å². The van der Waals surface area contributed by atoms with Gasteiger partial charge in [-0.05, 0) is 17.9 Å². The molecule has 1 heterocycles.